The third-order valence-electron chi connectivity index (χ3n) is 3.88. The number of carbonyl (C=O) groups is 1. The van der Waals surface area contributed by atoms with Gasteiger partial charge < -0.3 is 15.8 Å². The fourth-order valence-corrected chi connectivity index (χ4v) is 2.52. The summed E-state index contributed by atoms with van der Waals surface area (Å²) < 4.78 is 5.45. The number of rotatable bonds is 5. The van der Waals surface area contributed by atoms with Gasteiger partial charge >= 0.3 is 0 Å². The summed E-state index contributed by atoms with van der Waals surface area (Å²) in [5.41, 5.74) is 8.21. The zero-order valence-electron chi connectivity index (χ0n) is 11.0. The lowest BCUT2D eigenvalue weighted by Gasteiger charge is -2.11. The van der Waals surface area contributed by atoms with Gasteiger partial charge in [0.2, 0.25) is 5.91 Å². The molecule has 1 fully saturated rings. The monoisotopic (exact) mass is 260 g/mol. The Morgan fingerprint density at radius 3 is 3.11 bits per heavy atom. The van der Waals surface area contributed by atoms with Crippen molar-refractivity contribution in [3.05, 3.63) is 29.3 Å². The van der Waals surface area contributed by atoms with Crippen molar-refractivity contribution in [1.82, 2.24) is 5.32 Å². The molecule has 0 saturated heterocycles. The fourth-order valence-electron chi connectivity index (χ4n) is 2.52. The number of hydrogen-bond donors (Lipinski definition) is 2. The lowest BCUT2D eigenvalue weighted by atomic mass is 10.1. The largest absolute Gasteiger partial charge is 0.493 e. The summed E-state index contributed by atoms with van der Waals surface area (Å²) in [4.78, 5) is 11.9. The highest BCUT2D eigenvalue weighted by atomic mass is 16.5. The highest BCUT2D eigenvalue weighted by molar-refractivity contribution is 5.78. The lowest BCUT2D eigenvalue weighted by molar-refractivity contribution is -0.120. The number of amides is 1. The summed E-state index contributed by atoms with van der Waals surface area (Å²) in [6, 6.07) is 6.12. The van der Waals surface area contributed by atoms with E-state index in [4.69, 9.17) is 10.5 Å². The molecule has 19 heavy (non-hydrogen) atoms. The van der Waals surface area contributed by atoms with E-state index in [2.05, 4.69) is 11.4 Å². The standard InChI is InChI=1S/C15H20N2O2/c16-13(11-2-3-11)9-17-15(18)8-10-1-4-14-12(7-10)5-6-19-14/h1,4,7,11,13H,2-3,5-6,8-9,16H2,(H,17,18). The molecule has 4 nitrogen and oxygen atoms in total. The third kappa shape index (κ3) is 3.07. The van der Waals surface area contributed by atoms with Crippen molar-refractivity contribution >= 4 is 5.91 Å². The summed E-state index contributed by atoms with van der Waals surface area (Å²) in [6.45, 7) is 1.35. The van der Waals surface area contributed by atoms with Gasteiger partial charge in [-0.25, -0.2) is 0 Å². The molecular formula is C15H20N2O2. The summed E-state index contributed by atoms with van der Waals surface area (Å²) >= 11 is 0. The van der Waals surface area contributed by atoms with Crippen LogP contribution in [0, 0.1) is 5.92 Å². The van der Waals surface area contributed by atoms with Crippen LogP contribution in [0.3, 0.4) is 0 Å². The molecule has 3 rings (SSSR count). The second-order valence-corrected chi connectivity index (χ2v) is 5.52. The van der Waals surface area contributed by atoms with E-state index >= 15 is 0 Å². The van der Waals surface area contributed by atoms with E-state index in [0.717, 1.165) is 24.3 Å². The van der Waals surface area contributed by atoms with Crippen LogP contribution in [0.15, 0.2) is 18.2 Å². The minimum atomic E-state index is 0.0509. The maximum absolute atomic E-state index is 11.9. The van der Waals surface area contributed by atoms with Gasteiger partial charge in [-0.2, -0.15) is 0 Å². The Balaban J connectivity index is 1.51. The van der Waals surface area contributed by atoms with Gasteiger partial charge in [-0.3, -0.25) is 4.79 Å². The molecule has 0 spiro atoms. The minimum absolute atomic E-state index is 0.0509. The summed E-state index contributed by atoms with van der Waals surface area (Å²) in [7, 11) is 0. The Bertz CT molecular complexity index is 483. The molecule has 3 N–H and O–H groups in total. The summed E-state index contributed by atoms with van der Waals surface area (Å²) in [5.74, 6) is 1.63. The quantitative estimate of drug-likeness (QED) is 0.830. The Kier molecular flexibility index (Phi) is 3.42. The fraction of sp³-hybridized carbons (Fsp3) is 0.533. The lowest BCUT2D eigenvalue weighted by Crippen LogP contribution is -2.39. The normalized spacial score (nSPS) is 18.6. The molecule has 1 aliphatic carbocycles. The Hall–Kier alpha value is -1.55. The second-order valence-electron chi connectivity index (χ2n) is 5.52. The third-order valence-corrected chi connectivity index (χ3v) is 3.88. The van der Waals surface area contributed by atoms with Crippen LogP contribution in [0.25, 0.3) is 0 Å². The molecular weight excluding hydrogens is 240 g/mol. The topological polar surface area (TPSA) is 64.3 Å². The molecule has 1 aromatic rings. The van der Waals surface area contributed by atoms with E-state index in [9.17, 15) is 4.79 Å². The average Bonchev–Trinajstić information content (AvgIpc) is 3.15. The number of ether oxygens (including phenoxy) is 1. The van der Waals surface area contributed by atoms with Crippen LogP contribution >= 0.6 is 0 Å². The van der Waals surface area contributed by atoms with Crippen LogP contribution in [0.5, 0.6) is 5.75 Å². The first-order chi connectivity index (χ1) is 9.22. The van der Waals surface area contributed by atoms with Crippen molar-refractivity contribution in [2.75, 3.05) is 13.2 Å². The van der Waals surface area contributed by atoms with Crippen LogP contribution in [-0.4, -0.2) is 25.1 Å². The van der Waals surface area contributed by atoms with Crippen molar-refractivity contribution in [2.24, 2.45) is 11.7 Å². The SMILES string of the molecule is NC(CNC(=O)Cc1ccc2c(c1)CCO2)C1CC1. The van der Waals surface area contributed by atoms with E-state index in [1.807, 2.05) is 12.1 Å². The number of nitrogens with two attached hydrogens (primary N) is 1. The van der Waals surface area contributed by atoms with Crippen LogP contribution in [0.1, 0.15) is 24.0 Å². The molecule has 0 aromatic heterocycles. The molecule has 2 aliphatic rings. The van der Waals surface area contributed by atoms with Gasteiger partial charge in [0.25, 0.3) is 0 Å². The number of nitrogens with one attached hydrogen (secondary N) is 1. The minimum Gasteiger partial charge on any atom is -0.493 e. The van der Waals surface area contributed by atoms with Gasteiger partial charge in [0.05, 0.1) is 13.0 Å². The molecule has 1 amide bonds. The Labute approximate surface area is 113 Å². The van der Waals surface area contributed by atoms with Gasteiger partial charge in [0, 0.05) is 19.0 Å². The molecule has 1 heterocycles. The summed E-state index contributed by atoms with van der Waals surface area (Å²) in [6.07, 6.45) is 3.78. The second kappa shape index (κ2) is 5.21. The molecule has 1 aromatic carbocycles. The zero-order chi connectivity index (χ0) is 13.2. The van der Waals surface area contributed by atoms with Crippen LogP contribution in [0.2, 0.25) is 0 Å². The van der Waals surface area contributed by atoms with E-state index < -0.39 is 0 Å². The van der Waals surface area contributed by atoms with E-state index in [0.29, 0.717) is 18.9 Å². The Morgan fingerprint density at radius 2 is 2.32 bits per heavy atom. The van der Waals surface area contributed by atoms with Gasteiger partial charge in [-0.05, 0) is 36.0 Å². The first kappa shape index (κ1) is 12.5. The molecule has 1 unspecified atom stereocenters. The maximum atomic E-state index is 11.9. The highest BCUT2D eigenvalue weighted by Crippen LogP contribution is 2.31. The molecule has 102 valence electrons. The summed E-state index contributed by atoms with van der Waals surface area (Å²) in [5, 5.41) is 2.92. The van der Waals surface area contributed by atoms with Crippen molar-refractivity contribution < 1.29 is 9.53 Å². The van der Waals surface area contributed by atoms with E-state index in [1.54, 1.807) is 0 Å². The van der Waals surface area contributed by atoms with Crippen molar-refractivity contribution in [1.29, 1.82) is 0 Å². The number of hydrogen-bond acceptors (Lipinski definition) is 3. The molecule has 1 atom stereocenters. The molecule has 4 heteroatoms. The van der Waals surface area contributed by atoms with Crippen LogP contribution < -0.4 is 15.8 Å². The van der Waals surface area contributed by atoms with Crippen molar-refractivity contribution in [3.8, 4) is 5.75 Å². The maximum Gasteiger partial charge on any atom is 0.224 e. The van der Waals surface area contributed by atoms with Crippen LogP contribution in [-0.2, 0) is 17.6 Å². The van der Waals surface area contributed by atoms with Crippen molar-refractivity contribution in [3.63, 3.8) is 0 Å². The van der Waals surface area contributed by atoms with Gasteiger partial charge in [-0.15, -0.1) is 0 Å². The van der Waals surface area contributed by atoms with Gasteiger partial charge in [0.1, 0.15) is 5.75 Å². The predicted octanol–water partition coefficient (Wildman–Crippen LogP) is 1.02. The Morgan fingerprint density at radius 1 is 1.47 bits per heavy atom. The highest BCUT2D eigenvalue weighted by Gasteiger charge is 2.28. The van der Waals surface area contributed by atoms with Gasteiger partial charge in [-0.1, -0.05) is 12.1 Å². The van der Waals surface area contributed by atoms with Crippen LogP contribution in [0.4, 0.5) is 0 Å². The predicted molar refractivity (Wildman–Crippen MR) is 73.1 cm³/mol. The number of fused-ring (bicyclic) bond motifs is 1. The molecule has 1 aliphatic heterocycles. The smallest absolute Gasteiger partial charge is 0.224 e. The first-order valence-corrected chi connectivity index (χ1v) is 6.99. The number of benzene rings is 1. The first-order valence-electron chi connectivity index (χ1n) is 6.99. The number of carbonyl (C=O) groups excluding carboxylic acids is 1. The molecule has 0 bridgehead atoms. The van der Waals surface area contributed by atoms with Gasteiger partial charge in [0.15, 0.2) is 0 Å². The zero-order valence-corrected chi connectivity index (χ0v) is 11.0. The molecule has 0 radical (unpaired) electrons. The molecule has 1 saturated carbocycles. The van der Waals surface area contributed by atoms with Crippen molar-refractivity contribution in [2.45, 2.75) is 31.7 Å². The average molecular weight is 260 g/mol. The van der Waals surface area contributed by atoms with E-state index in [-0.39, 0.29) is 11.9 Å². The van der Waals surface area contributed by atoms with E-state index in [1.165, 1.54) is 18.4 Å².